The molecule has 1 aliphatic carbocycles. The lowest BCUT2D eigenvalue weighted by Crippen LogP contribution is -2.35. The lowest BCUT2D eigenvalue weighted by atomic mass is 9.86. The van der Waals surface area contributed by atoms with Crippen LogP contribution in [0.3, 0.4) is 0 Å². The zero-order chi connectivity index (χ0) is 11.3. The van der Waals surface area contributed by atoms with Crippen LogP contribution in [0.15, 0.2) is 0 Å². The summed E-state index contributed by atoms with van der Waals surface area (Å²) in [5, 5.41) is 0. The van der Waals surface area contributed by atoms with Gasteiger partial charge in [0.25, 0.3) is 0 Å². The van der Waals surface area contributed by atoms with Gasteiger partial charge >= 0.3 is 11.9 Å². The standard InChI is InChI=1S/C11H18O4/c1-3-14-11(13)9-6-4-5-7-10(9)15-8(2)12/h9-10H,3-7H2,1-2H3/t9-,10+/m0/s1. The maximum Gasteiger partial charge on any atom is 0.312 e. The smallest absolute Gasteiger partial charge is 0.312 e. The molecule has 1 saturated carbocycles. The zero-order valence-corrected chi connectivity index (χ0v) is 9.32. The highest BCUT2D eigenvalue weighted by atomic mass is 16.6. The highest BCUT2D eigenvalue weighted by molar-refractivity contribution is 5.74. The molecule has 0 amide bonds. The second-order valence-electron chi connectivity index (χ2n) is 3.79. The van der Waals surface area contributed by atoms with Crippen molar-refractivity contribution in [3.63, 3.8) is 0 Å². The Morgan fingerprint density at radius 3 is 2.53 bits per heavy atom. The molecule has 0 unspecified atom stereocenters. The first-order chi connectivity index (χ1) is 7.15. The van der Waals surface area contributed by atoms with Gasteiger partial charge < -0.3 is 9.47 Å². The molecule has 86 valence electrons. The fourth-order valence-corrected chi connectivity index (χ4v) is 1.97. The number of hydrogen-bond donors (Lipinski definition) is 0. The summed E-state index contributed by atoms with van der Waals surface area (Å²) < 4.78 is 10.1. The minimum absolute atomic E-state index is 0.233. The molecule has 4 heteroatoms. The van der Waals surface area contributed by atoms with Crippen molar-refractivity contribution in [1.82, 2.24) is 0 Å². The Bertz CT molecular complexity index is 237. The monoisotopic (exact) mass is 214 g/mol. The average Bonchev–Trinajstić information content (AvgIpc) is 2.18. The molecular weight excluding hydrogens is 196 g/mol. The second-order valence-corrected chi connectivity index (χ2v) is 3.79. The normalized spacial score (nSPS) is 25.7. The fourth-order valence-electron chi connectivity index (χ4n) is 1.97. The maximum atomic E-state index is 11.6. The molecule has 15 heavy (non-hydrogen) atoms. The Labute approximate surface area is 89.9 Å². The van der Waals surface area contributed by atoms with E-state index >= 15 is 0 Å². The third-order valence-corrected chi connectivity index (χ3v) is 2.61. The van der Waals surface area contributed by atoms with Gasteiger partial charge in [-0.2, -0.15) is 0 Å². The lowest BCUT2D eigenvalue weighted by molar-refractivity contribution is -0.162. The van der Waals surface area contributed by atoms with Crippen LogP contribution in [0.4, 0.5) is 0 Å². The lowest BCUT2D eigenvalue weighted by Gasteiger charge is -2.28. The van der Waals surface area contributed by atoms with E-state index in [1.807, 2.05) is 0 Å². The minimum atomic E-state index is -0.323. The first kappa shape index (κ1) is 12.0. The number of carbonyl (C=O) groups excluding carboxylic acids is 2. The van der Waals surface area contributed by atoms with Gasteiger partial charge in [0.05, 0.1) is 12.5 Å². The van der Waals surface area contributed by atoms with Crippen molar-refractivity contribution in [3.05, 3.63) is 0 Å². The summed E-state index contributed by atoms with van der Waals surface area (Å²) in [7, 11) is 0. The number of esters is 2. The third-order valence-electron chi connectivity index (χ3n) is 2.61. The van der Waals surface area contributed by atoms with Crippen molar-refractivity contribution in [2.75, 3.05) is 6.61 Å². The molecule has 0 radical (unpaired) electrons. The SMILES string of the molecule is CCOC(=O)[C@H]1CCCC[C@H]1OC(C)=O. The van der Waals surface area contributed by atoms with Crippen LogP contribution in [-0.4, -0.2) is 24.6 Å². The van der Waals surface area contributed by atoms with E-state index in [4.69, 9.17) is 9.47 Å². The van der Waals surface area contributed by atoms with Crippen LogP contribution >= 0.6 is 0 Å². The molecule has 1 aliphatic rings. The van der Waals surface area contributed by atoms with Crippen LogP contribution in [0.25, 0.3) is 0 Å². The van der Waals surface area contributed by atoms with E-state index in [-0.39, 0.29) is 24.0 Å². The third kappa shape index (κ3) is 3.53. The predicted octanol–water partition coefficient (Wildman–Crippen LogP) is 1.67. The van der Waals surface area contributed by atoms with Crippen LogP contribution in [0.2, 0.25) is 0 Å². The molecule has 0 N–H and O–H groups in total. The van der Waals surface area contributed by atoms with Crippen LogP contribution in [-0.2, 0) is 19.1 Å². The largest absolute Gasteiger partial charge is 0.466 e. The molecule has 0 aromatic heterocycles. The second kappa shape index (κ2) is 5.73. The maximum absolute atomic E-state index is 11.6. The van der Waals surface area contributed by atoms with Gasteiger partial charge in [-0.05, 0) is 26.2 Å². The molecule has 0 aromatic carbocycles. The minimum Gasteiger partial charge on any atom is -0.466 e. The first-order valence-corrected chi connectivity index (χ1v) is 5.49. The summed E-state index contributed by atoms with van der Waals surface area (Å²) >= 11 is 0. The van der Waals surface area contributed by atoms with E-state index in [1.165, 1.54) is 6.92 Å². The van der Waals surface area contributed by atoms with Crippen LogP contribution in [0.1, 0.15) is 39.5 Å². The summed E-state index contributed by atoms with van der Waals surface area (Å²) in [5.74, 6) is -0.817. The zero-order valence-electron chi connectivity index (χ0n) is 9.32. The Morgan fingerprint density at radius 1 is 1.27 bits per heavy atom. The van der Waals surface area contributed by atoms with Gasteiger partial charge in [0.2, 0.25) is 0 Å². The van der Waals surface area contributed by atoms with Gasteiger partial charge in [0, 0.05) is 6.92 Å². The van der Waals surface area contributed by atoms with Crippen molar-refractivity contribution >= 4 is 11.9 Å². The average molecular weight is 214 g/mol. The quantitative estimate of drug-likeness (QED) is 0.670. The van der Waals surface area contributed by atoms with Crippen molar-refractivity contribution in [2.24, 2.45) is 5.92 Å². The van der Waals surface area contributed by atoms with E-state index in [9.17, 15) is 9.59 Å². The van der Waals surface area contributed by atoms with E-state index < -0.39 is 0 Å². The number of ether oxygens (including phenoxy) is 2. The van der Waals surface area contributed by atoms with Crippen LogP contribution in [0.5, 0.6) is 0 Å². The van der Waals surface area contributed by atoms with Crippen molar-refractivity contribution in [2.45, 2.75) is 45.6 Å². The molecule has 0 spiro atoms. The Hall–Kier alpha value is -1.06. The van der Waals surface area contributed by atoms with Gasteiger partial charge in [-0.1, -0.05) is 6.42 Å². The summed E-state index contributed by atoms with van der Waals surface area (Å²) in [6, 6.07) is 0. The van der Waals surface area contributed by atoms with Crippen molar-refractivity contribution < 1.29 is 19.1 Å². The molecule has 0 aromatic rings. The van der Waals surface area contributed by atoms with Gasteiger partial charge in [-0.3, -0.25) is 9.59 Å². The Kier molecular flexibility index (Phi) is 4.59. The topological polar surface area (TPSA) is 52.6 Å². The van der Waals surface area contributed by atoms with E-state index in [1.54, 1.807) is 6.92 Å². The van der Waals surface area contributed by atoms with E-state index in [0.29, 0.717) is 6.61 Å². The Morgan fingerprint density at radius 2 is 1.93 bits per heavy atom. The van der Waals surface area contributed by atoms with Crippen LogP contribution < -0.4 is 0 Å². The summed E-state index contributed by atoms with van der Waals surface area (Å²) in [6.45, 7) is 3.53. The molecule has 0 saturated heterocycles. The Balaban J connectivity index is 2.56. The molecule has 0 aliphatic heterocycles. The van der Waals surface area contributed by atoms with Crippen molar-refractivity contribution in [1.29, 1.82) is 0 Å². The van der Waals surface area contributed by atoms with Gasteiger partial charge in [-0.15, -0.1) is 0 Å². The highest BCUT2D eigenvalue weighted by Gasteiger charge is 2.34. The van der Waals surface area contributed by atoms with Gasteiger partial charge in [0.15, 0.2) is 0 Å². The van der Waals surface area contributed by atoms with Gasteiger partial charge in [0.1, 0.15) is 6.10 Å². The summed E-state index contributed by atoms with van der Waals surface area (Å²) in [5.41, 5.74) is 0. The number of rotatable bonds is 3. The van der Waals surface area contributed by atoms with Crippen LogP contribution in [0, 0.1) is 5.92 Å². The molecular formula is C11H18O4. The number of carbonyl (C=O) groups is 2. The van der Waals surface area contributed by atoms with Crippen molar-refractivity contribution in [3.8, 4) is 0 Å². The highest BCUT2D eigenvalue weighted by Crippen LogP contribution is 2.28. The summed E-state index contributed by atoms with van der Waals surface area (Å²) in [4.78, 5) is 22.4. The molecule has 1 rings (SSSR count). The fraction of sp³-hybridized carbons (Fsp3) is 0.818. The molecule has 4 nitrogen and oxygen atoms in total. The van der Waals surface area contributed by atoms with E-state index in [0.717, 1.165) is 25.7 Å². The predicted molar refractivity (Wildman–Crippen MR) is 54.1 cm³/mol. The molecule has 1 fully saturated rings. The molecule has 2 atom stereocenters. The van der Waals surface area contributed by atoms with Gasteiger partial charge in [-0.25, -0.2) is 0 Å². The molecule has 0 bridgehead atoms. The first-order valence-electron chi connectivity index (χ1n) is 5.49. The summed E-state index contributed by atoms with van der Waals surface area (Å²) in [6.07, 6.45) is 3.25. The molecule has 0 heterocycles. The van der Waals surface area contributed by atoms with E-state index in [2.05, 4.69) is 0 Å². The number of hydrogen-bond acceptors (Lipinski definition) is 4.